The third-order valence-corrected chi connectivity index (χ3v) is 9.94. The van der Waals surface area contributed by atoms with Gasteiger partial charge in [-0.1, -0.05) is 13.8 Å². The summed E-state index contributed by atoms with van der Waals surface area (Å²) in [5, 5.41) is 0. The fourth-order valence-electron chi connectivity index (χ4n) is 8.72. The molecule has 0 heterocycles. The lowest BCUT2D eigenvalue weighted by molar-refractivity contribution is -0.164. The molecule has 0 unspecified atom stereocenters. The lowest BCUT2D eigenvalue weighted by Gasteiger charge is -2.61. The van der Waals surface area contributed by atoms with Crippen LogP contribution in [0.15, 0.2) is 0 Å². The molecule has 4 heteroatoms. The molecule has 9 atom stereocenters. The molecule has 0 bridgehead atoms. The Balaban J connectivity index is 1.50. The molecule has 0 radical (unpaired) electrons. The Morgan fingerprint density at radius 3 is 2.24 bits per heavy atom. The lowest BCUT2D eigenvalue weighted by Crippen LogP contribution is -2.54. The SMILES string of the molecule is CC(=O)O[C@H]1CC[C@@]2(C)[C@@H](CC[C@H]3[C@@H]2CC[C@]2(C)[C@@H]([C@@H](C)OC(C)=O)CC[C@@H]32)C1. The molecular formula is C25H40O4. The van der Waals surface area contributed by atoms with Gasteiger partial charge in [-0.2, -0.15) is 0 Å². The maximum atomic E-state index is 11.5. The molecule has 0 amide bonds. The molecular weight excluding hydrogens is 364 g/mol. The Labute approximate surface area is 176 Å². The second-order valence-electron chi connectivity index (χ2n) is 11.2. The van der Waals surface area contributed by atoms with Crippen molar-refractivity contribution in [3.05, 3.63) is 0 Å². The highest BCUT2D eigenvalue weighted by Gasteiger charge is 2.61. The average Bonchev–Trinajstić information content (AvgIpc) is 2.98. The van der Waals surface area contributed by atoms with Crippen molar-refractivity contribution < 1.29 is 19.1 Å². The first kappa shape index (κ1) is 21.2. The van der Waals surface area contributed by atoms with Crippen molar-refractivity contribution in [1.29, 1.82) is 0 Å². The minimum Gasteiger partial charge on any atom is -0.463 e. The molecule has 29 heavy (non-hydrogen) atoms. The van der Waals surface area contributed by atoms with E-state index in [1.807, 2.05) is 0 Å². The number of fused-ring (bicyclic) bond motifs is 5. The van der Waals surface area contributed by atoms with Gasteiger partial charge in [0.2, 0.25) is 0 Å². The first-order valence-electron chi connectivity index (χ1n) is 12.0. The van der Waals surface area contributed by atoms with Crippen molar-refractivity contribution in [3.63, 3.8) is 0 Å². The van der Waals surface area contributed by atoms with Gasteiger partial charge >= 0.3 is 11.9 Å². The number of esters is 2. The molecule has 0 aromatic heterocycles. The first-order valence-corrected chi connectivity index (χ1v) is 12.0. The summed E-state index contributed by atoms with van der Waals surface area (Å²) in [6.07, 6.45) is 11.2. The molecule has 0 N–H and O–H groups in total. The van der Waals surface area contributed by atoms with Crippen molar-refractivity contribution in [2.24, 2.45) is 40.4 Å². The van der Waals surface area contributed by atoms with E-state index in [0.29, 0.717) is 22.7 Å². The molecule has 4 aliphatic rings. The van der Waals surface area contributed by atoms with Gasteiger partial charge < -0.3 is 9.47 Å². The molecule has 0 spiro atoms. The Morgan fingerprint density at radius 1 is 0.862 bits per heavy atom. The molecule has 0 aromatic carbocycles. The average molecular weight is 405 g/mol. The predicted molar refractivity (Wildman–Crippen MR) is 112 cm³/mol. The van der Waals surface area contributed by atoms with Gasteiger partial charge in [-0.3, -0.25) is 9.59 Å². The second-order valence-corrected chi connectivity index (χ2v) is 11.2. The van der Waals surface area contributed by atoms with Crippen LogP contribution in [-0.2, 0) is 19.1 Å². The largest absolute Gasteiger partial charge is 0.463 e. The summed E-state index contributed by atoms with van der Waals surface area (Å²) in [7, 11) is 0. The predicted octanol–water partition coefficient (Wildman–Crippen LogP) is 5.53. The van der Waals surface area contributed by atoms with Crippen LogP contribution in [-0.4, -0.2) is 24.1 Å². The van der Waals surface area contributed by atoms with Crippen molar-refractivity contribution >= 4 is 11.9 Å². The maximum Gasteiger partial charge on any atom is 0.302 e. The molecule has 0 aliphatic heterocycles. The smallest absolute Gasteiger partial charge is 0.302 e. The molecule has 4 fully saturated rings. The van der Waals surface area contributed by atoms with Gasteiger partial charge in [0.05, 0.1) is 0 Å². The standard InChI is InChI=1S/C25H40O4/c1-15(28-16(2)26)21-8-9-22-20-7-6-18-14-19(29-17(3)27)10-12-24(18,4)23(20)11-13-25(21,22)5/h15,18-23H,6-14H2,1-5H3/t15-,18+,19+,20-,21-,22+,23+,24+,25-/m1/s1. The third kappa shape index (κ3) is 3.53. The first-order chi connectivity index (χ1) is 13.6. The van der Waals surface area contributed by atoms with Gasteiger partial charge in [0, 0.05) is 19.8 Å². The van der Waals surface area contributed by atoms with Crippen molar-refractivity contribution in [2.75, 3.05) is 0 Å². The normalized spacial score (nSPS) is 47.3. The number of hydrogen-bond donors (Lipinski definition) is 0. The van der Waals surface area contributed by atoms with E-state index in [-0.39, 0.29) is 24.1 Å². The monoisotopic (exact) mass is 404 g/mol. The van der Waals surface area contributed by atoms with E-state index >= 15 is 0 Å². The Hall–Kier alpha value is -1.06. The number of carbonyl (C=O) groups is 2. The third-order valence-electron chi connectivity index (χ3n) is 9.94. The summed E-state index contributed by atoms with van der Waals surface area (Å²) in [6, 6.07) is 0. The summed E-state index contributed by atoms with van der Waals surface area (Å²) in [5.41, 5.74) is 0.717. The van der Waals surface area contributed by atoms with Crippen LogP contribution in [0.1, 0.15) is 92.4 Å². The van der Waals surface area contributed by atoms with Crippen molar-refractivity contribution in [1.82, 2.24) is 0 Å². The fourth-order valence-corrected chi connectivity index (χ4v) is 8.72. The van der Waals surface area contributed by atoms with Gasteiger partial charge in [-0.05, 0) is 99.2 Å². The lowest BCUT2D eigenvalue weighted by atomic mass is 9.44. The molecule has 4 aliphatic carbocycles. The molecule has 4 rings (SSSR count). The maximum absolute atomic E-state index is 11.5. The summed E-state index contributed by atoms with van der Waals surface area (Å²) in [5.74, 6) is 3.32. The second kappa shape index (κ2) is 7.57. The highest BCUT2D eigenvalue weighted by Crippen LogP contribution is 2.68. The van der Waals surface area contributed by atoms with Crippen LogP contribution >= 0.6 is 0 Å². The van der Waals surface area contributed by atoms with Gasteiger partial charge in [-0.25, -0.2) is 0 Å². The highest BCUT2D eigenvalue weighted by molar-refractivity contribution is 5.66. The quantitative estimate of drug-likeness (QED) is 0.581. The minimum atomic E-state index is -0.143. The molecule has 4 nitrogen and oxygen atoms in total. The zero-order valence-electron chi connectivity index (χ0n) is 19.0. The molecule has 4 saturated carbocycles. The van der Waals surface area contributed by atoms with E-state index in [2.05, 4.69) is 20.8 Å². The van der Waals surface area contributed by atoms with Crippen molar-refractivity contribution in [2.45, 2.75) is 105 Å². The summed E-state index contributed by atoms with van der Waals surface area (Å²) in [4.78, 5) is 23.0. The number of carbonyl (C=O) groups excluding carboxylic acids is 2. The van der Waals surface area contributed by atoms with E-state index in [4.69, 9.17) is 9.47 Å². The highest BCUT2D eigenvalue weighted by atomic mass is 16.5. The minimum absolute atomic E-state index is 0.0325. The van der Waals surface area contributed by atoms with Gasteiger partial charge in [0.25, 0.3) is 0 Å². The van der Waals surface area contributed by atoms with E-state index < -0.39 is 0 Å². The number of rotatable bonds is 3. The van der Waals surface area contributed by atoms with Crippen LogP contribution < -0.4 is 0 Å². The van der Waals surface area contributed by atoms with E-state index in [0.717, 1.165) is 30.6 Å². The zero-order chi connectivity index (χ0) is 21.0. The van der Waals surface area contributed by atoms with Crippen LogP contribution in [0, 0.1) is 40.4 Å². The van der Waals surface area contributed by atoms with E-state index in [1.54, 1.807) is 6.92 Å². The van der Waals surface area contributed by atoms with Gasteiger partial charge in [-0.15, -0.1) is 0 Å². The number of ether oxygens (including phenoxy) is 2. The molecule has 0 saturated heterocycles. The van der Waals surface area contributed by atoms with Gasteiger partial charge in [0.15, 0.2) is 0 Å². The summed E-state index contributed by atoms with van der Waals surface area (Å²) >= 11 is 0. The summed E-state index contributed by atoms with van der Waals surface area (Å²) in [6.45, 7) is 10.2. The van der Waals surface area contributed by atoms with E-state index in [1.165, 1.54) is 51.9 Å². The fraction of sp³-hybridized carbons (Fsp3) is 0.920. The molecule has 0 aromatic rings. The van der Waals surface area contributed by atoms with Crippen LogP contribution in [0.5, 0.6) is 0 Å². The summed E-state index contributed by atoms with van der Waals surface area (Å²) < 4.78 is 11.3. The van der Waals surface area contributed by atoms with Crippen molar-refractivity contribution in [3.8, 4) is 0 Å². The van der Waals surface area contributed by atoms with Crippen LogP contribution in [0.2, 0.25) is 0 Å². The van der Waals surface area contributed by atoms with Crippen LogP contribution in [0.4, 0.5) is 0 Å². The van der Waals surface area contributed by atoms with Crippen LogP contribution in [0.25, 0.3) is 0 Å². The number of hydrogen-bond acceptors (Lipinski definition) is 4. The van der Waals surface area contributed by atoms with Gasteiger partial charge in [0.1, 0.15) is 12.2 Å². The Kier molecular flexibility index (Phi) is 5.53. The Morgan fingerprint density at radius 2 is 1.55 bits per heavy atom. The van der Waals surface area contributed by atoms with E-state index in [9.17, 15) is 9.59 Å². The topological polar surface area (TPSA) is 52.6 Å². The molecule has 164 valence electrons. The zero-order valence-corrected chi connectivity index (χ0v) is 19.0. The Bertz CT molecular complexity index is 659. The van der Waals surface area contributed by atoms with Crippen LogP contribution in [0.3, 0.4) is 0 Å².